The first-order chi connectivity index (χ1) is 9.63. The third kappa shape index (κ3) is 2.49. The van der Waals surface area contributed by atoms with Crippen LogP contribution < -0.4 is 10.2 Å². The van der Waals surface area contributed by atoms with Crippen molar-refractivity contribution in [3.63, 3.8) is 0 Å². The maximum atomic E-state index is 4.60. The van der Waals surface area contributed by atoms with Crippen LogP contribution in [0.25, 0.3) is 11.4 Å². The summed E-state index contributed by atoms with van der Waals surface area (Å²) in [5.74, 6) is 1.50. The van der Waals surface area contributed by atoms with Gasteiger partial charge in [0.15, 0.2) is 5.82 Å². The fourth-order valence-electron chi connectivity index (χ4n) is 2.42. The largest absolute Gasteiger partial charge is 0.337 e. The van der Waals surface area contributed by atoms with Crippen LogP contribution in [0.4, 0.5) is 5.95 Å². The zero-order valence-corrected chi connectivity index (χ0v) is 12.0. The van der Waals surface area contributed by atoms with Gasteiger partial charge in [-0.3, -0.25) is 5.10 Å². The van der Waals surface area contributed by atoms with E-state index in [1.807, 2.05) is 19.9 Å². The predicted octanol–water partition coefficient (Wildman–Crippen LogP) is 0.677. The molecule has 1 fully saturated rings. The van der Waals surface area contributed by atoms with E-state index >= 15 is 0 Å². The van der Waals surface area contributed by atoms with Crippen LogP contribution in [-0.4, -0.2) is 51.1 Å². The van der Waals surface area contributed by atoms with E-state index in [1.165, 1.54) is 0 Å². The van der Waals surface area contributed by atoms with Crippen molar-refractivity contribution < 1.29 is 0 Å². The standard InChI is InChI=1S/C13H19N7/c1-8-6-11(10(3)17-16-8)12-15-13(19-18-12)20-5-4-14-9(2)7-20/h6,9,14H,4-5,7H2,1-3H3,(H,15,18,19)/t9-/m1/s1. The molecule has 2 aromatic rings. The van der Waals surface area contributed by atoms with Crippen molar-refractivity contribution in [1.82, 2.24) is 30.7 Å². The summed E-state index contributed by atoms with van der Waals surface area (Å²) in [5.41, 5.74) is 2.69. The molecule has 3 rings (SSSR count). The third-order valence-electron chi connectivity index (χ3n) is 3.48. The molecule has 0 radical (unpaired) electrons. The molecule has 7 nitrogen and oxygen atoms in total. The number of rotatable bonds is 2. The number of nitrogens with one attached hydrogen (secondary N) is 2. The van der Waals surface area contributed by atoms with Gasteiger partial charge < -0.3 is 10.2 Å². The first kappa shape index (κ1) is 13.0. The minimum Gasteiger partial charge on any atom is -0.337 e. The smallest absolute Gasteiger partial charge is 0.245 e. The topological polar surface area (TPSA) is 82.6 Å². The van der Waals surface area contributed by atoms with Crippen LogP contribution in [0.1, 0.15) is 18.3 Å². The van der Waals surface area contributed by atoms with E-state index in [0.29, 0.717) is 6.04 Å². The zero-order chi connectivity index (χ0) is 14.1. The number of anilines is 1. The molecule has 1 aliphatic rings. The maximum Gasteiger partial charge on any atom is 0.245 e. The van der Waals surface area contributed by atoms with Gasteiger partial charge in [0.2, 0.25) is 5.95 Å². The first-order valence-corrected chi connectivity index (χ1v) is 6.85. The lowest BCUT2D eigenvalue weighted by Crippen LogP contribution is -2.49. The zero-order valence-electron chi connectivity index (χ0n) is 12.0. The van der Waals surface area contributed by atoms with E-state index in [0.717, 1.165) is 48.4 Å². The average Bonchev–Trinajstić information content (AvgIpc) is 2.91. The van der Waals surface area contributed by atoms with Gasteiger partial charge in [-0.05, 0) is 26.8 Å². The number of hydrogen-bond acceptors (Lipinski definition) is 6. The summed E-state index contributed by atoms with van der Waals surface area (Å²) in [4.78, 5) is 6.80. The summed E-state index contributed by atoms with van der Waals surface area (Å²) in [5, 5.41) is 18.9. The highest BCUT2D eigenvalue weighted by atomic mass is 15.4. The molecule has 2 N–H and O–H groups in total. The summed E-state index contributed by atoms with van der Waals surface area (Å²) in [7, 11) is 0. The Morgan fingerprint density at radius 2 is 2.15 bits per heavy atom. The number of aromatic amines is 1. The van der Waals surface area contributed by atoms with Gasteiger partial charge in [0.25, 0.3) is 0 Å². The maximum absolute atomic E-state index is 4.60. The van der Waals surface area contributed by atoms with Gasteiger partial charge in [-0.25, -0.2) is 0 Å². The summed E-state index contributed by atoms with van der Waals surface area (Å²) in [6.07, 6.45) is 0. The molecular formula is C13H19N7. The van der Waals surface area contributed by atoms with Gasteiger partial charge in [-0.1, -0.05) is 0 Å². The quantitative estimate of drug-likeness (QED) is 0.837. The molecule has 20 heavy (non-hydrogen) atoms. The van der Waals surface area contributed by atoms with E-state index in [9.17, 15) is 0 Å². The van der Waals surface area contributed by atoms with Crippen molar-refractivity contribution in [2.75, 3.05) is 24.5 Å². The summed E-state index contributed by atoms with van der Waals surface area (Å²) in [6, 6.07) is 2.43. The second kappa shape index (κ2) is 5.16. The molecule has 0 aromatic carbocycles. The fraction of sp³-hybridized carbons (Fsp3) is 0.538. The van der Waals surface area contributed by atoms with Crippen molar-refractivity contribution in [2.45, 2.75) is 26.8 Å². The Labute approximate surface area is 117 Å². The van der Waals surface area contributed by atoms with E-state index in [-0.39, 0.29) is 0 Å². The Kier molecular flexibility index (Phi) is 3.35. The van der Waals surface area contributed by atoms with E-state index in [2.05, 4.69) is 42.5 Å². The normalized spacial score (nSPS) is 19.4. The number of aryl methyl sites for hydroxylation is 2. The monoisotopic (exact) mass is 273 g/mol. The lowest BCUT2D eigenvalue weighted by molar-refractivity contribution is 0.480. The van der Waals surface area contributed by atoms with Crippen LogP contribution in [0.15, 0.2) is 6.07 Å². The van der Waals surface area contributed by atoms with Crippen LogP contribution in [-0.2, 0) is 0 Å². The van der Waals surface area contributed by atoms with Crippen molar-refractivity contribution in [2.24, 2.45) is 0 Å². The Morgan fingerprint density at radius 3 is 2.95 bits per heavy atom. The number of hydrogen-bond donors (Lipinski definition) is 2. The minimum absolute atomic E-state index is 0.456. The van der Waals surface area contributed by atoms with Crippen molar-refractivity contribution in [3.05, 3.63) is 17.5 Å². The Balaban J connectivity index is 1.88. The van der Waals surface area contributed by atoms with E-state index in [1.54, 1.807) is 0 Å². The Morgan fingerprint density at radius 1 is 1.30 bits per heavy atom. The van der Waals surface area contributed by atoms with E-state index < -0.39 is 0 Å². The van der Waals surface area contributed by atoms with Gasteiger partial charge in [0, 0.05) is 31.2 Å². The molecule has 2 aromatic heterocycles. The summed E-state index contributed by atoms with van der Waals surface area (Å²) in [6.45, 7) is 8.82. The van der Waals surface area contributed by atoms with Crippen LogP contribution >= 0.6 is 0 Å². The minimum atomic E-state index is 0.456. The van der Waals surface area contributed by atoms with Gasteiger partial charge >= 0.3 is 0 Å². The lowest BCUT2D eigenvalue weighted by Gasteiger charge is -2.30. The third-order valence-corrected chi connectivity index (χ3v) is 3.48. The molecular weight excluding hydrogens is 254 g/mol. The van der Waals surface area contributed by atoms with Crippen LogP contribution in [0.2, 0.25) is 0 Å². The summed E-state index contributed by atoms with van der Waals surface area (Å²) >= 11 is 0. The number of H-pyrrole nitrogens is 1. The molecule has 1 aliphatic heterocycles. The van der Waals surface area contributed by atoms with Crippen molar-refractivity contribution in [3.8, 4) is 11.4 Å². The Bertz CT molecular complexity index is 607. The second-order valence-corrected chi connectivity index (χ2v) is 5.27. The molecule has 0 bridgehead atoms. The summed E-state index contributed by atoms with van der Waals surface area (Å²) < 4.78 is 0. The average molecular weight is 273 g/mol. The highest BCUT2D eigenvalue weighted by molar-refractivity contribution is 5.59. The molecule has 1 atom stereocenters. The van der Waals surface area contributed by atoms with Crippen LogP contribution in [0, 0.1) is 13.8 Å². The number of nitrogens with zero attached hydrogens (tertiary/aromatic N) is 5. The van der Waals surface area contributed by atoms with Gasteiger partial charge in [0.1, 0.15) is 0 Å². The highest BCUT2D eigenvalue weighted by Gasteiger charge is 2.20. The molecule has 0 amide bonds. The number of aromatic nitrogens is 5. The second-order valence-electron chi connectivity index (χ2n) is 5.27. The SMILES string of the molecule is Cc1cc(-c2nc(N3CCN[C@H](C)C3)n[nH]2)c(C)nn1. The van der Waals surface area contributed by atoms with E-state index in [4.69, 9.17) is 0 Å². The van der Waals surface area contributed by atoms with Gasteiger partial charge in [0.05, 0.1) is 11.4 Å². The molecule has 0 unspecified atom stereocenters. The molecule has 7 heteroatoms. The Hall–Kier alpha value is -2.02. The van der Waals surface area contributed by atoms with Crippen molar-refractivity contribution >= 4 is 5.95 Å². The van der Waals surface area contributed by atoms with Crippen molar-refractivity contribution in [1.29, 1.82) is 0 Å². The van der Waals surface area contributed by atoms with Gasteiger partial charge in [-0.15, -0.1) is 5.10 Å². The molecule has 0 spiro atoms. The molecule has 1 saturated heterocycles. The molecule has 0 saturated carbocycles. The molecule has 106 valence electrons. The molecule has 0 aliphatic carbocycles. The first-order valence-electron chi connectivity index (χ1n) is 6.85. The van der Waals surface area contributed by atoms with Gasteiger partial charge in [-0.2, -0.15) is 15.2 Å². The van der Waals surface area contributed by atoms with Crippen LogP contribution in [0.3, 0.4) is 0 Å². The highest BCUT2D eigenvalue weighted by Crippen LogP contribution is 2.20. The molecule has 3 heterocycles. The lowest BCUT2D eigenvalue weighted by atomic mass is 10.2. The predicted molar refractivity (Wildman–Crippen MR) is 76.6 cm³/mol. The fourth-order valence-corrected chi connectivity index (χ4v) is 2.42. The van der Waals surface area contributed by atoms with Crippen LogP contribution in [0.5, 0.6) is 0 Å². The number of piperazine rings is 1.